The van der Waals surface area contributed by atoms with Gasteiger partial charge in [0.05, 0.1) is 16.8 Å². The second-order valence-electron chi connectivity index (χ2n) is 5.39. The molecule has 0 aromatic carbocycles. The first kappa shape index (κ1) is 13.5. The van der Waals surface area contributed by atoms with E-state index in [2.05, 4.69) is 39.8 Å². The maximum Gasteiger partial charge on any atom is 0.0938 e. The quantitative estimate of drug-likeness (QED) is 0.448. The van der Waals surface area contributed by atoms with E-state index in [0.717, 1.165) is 18.6 Å². The summed E-state index contributed by atoms with van der Waals surface area (Å²) in [6.07, 6.45) is 2.45. The van der Waals surface area contributed by atoms with Crippen LogP contribution in [0.5, 0.6) is 0 Å². The molecule has 0 saturated carbocycles. The Kier molecular flexibility index (Phi) is 3.65. The zero-order valence-electron chi connectivity index (χ0n) is 11.0. The van der Waals surface area contributed by atoms with Crippen molar-refractivity contribution in [2.45, 2.75) is 65.0 Å². The molecule has 3 atom stereocenters. The minimum absolute atomic E-state index is 0.125. The topological polar surface area (TPSA) is 58.7 Å². The van der Waals surface area contributed by atoms with E-state index in [1.807, 2.05) is 0 Å². The van der Waals surface area contributed by atoms with Crippen LogP contribution in [0.1, 0.15) is 53.9 Å². The summed E-state index contributed by atoms with van der Waals surface area (Å²) >= 11 is 0. The van der Waals surface area contributed by atoms with Gasteiger partial charge in [-0.25, -0.2) is 0 Å². The molecule has 1 aliphatic heterocycles. The molecule has 0 aromatic rings. The van der Waals surface area contributed by atoms with E-state index >= 15 is 0 Å². The molecule has 4 nitrogen and oxygen atoms in total. The lowest BCUT2D eigenvalue weighted by Crippen LogP contribution is -2.65. The van der Waals surface area contributed by atoms with E-state index in [1.165, 1.54) is 0 Å². The monoisotopic (exact) mass is 229 g/mol. The van der Waals surface area contributed by atoms with E-state index in [-0.39, 0.29) is 17.0 Å². The Labute approximate surface area is 97.9 Å². The van der Waals surface area contributed by atoms with Gasteiger partial charge in [-0.15, -0.1) is 0 Å². The maximum atomic E-state index is 9.11. The van der Waals surface area contributed by atoms with Crippen LogP contribution in [0.2, 0.25) is 0 Å². The minimum Gasteiger partial charge on any atom is -0.411 e. The largest absolute Gasteiger partial charge is 0.411 e. The molecule has 4 heteroatoms. The van der Waals surface area contributed by atoms with Crippen molar-refractivity contribution in [3.8, 4) is 0 Å². The summed E-state index contributed by atoms with van der Waals surface area (Å²) in [6.45, 7) is 10.4. The van der Waals surface area contributed by atoms with Crippen molar-refractivity contribution in [1.82, 2.24) is 5.06 Å². The SMILES string of the molecule is CCC1(C)C/C(=N/O)C(C)C(C)(CC)N1[OH2+]. The number of hydrogen-bond acceptors (Lipinski definition) is 3. The van der Waals surface area contributed by atoms with Crippen molar-refractivity contribution in [3.05, 3.63) is 0 Å². The van der Waals surface area contributed by atoms with Crippen LogP contribution in [0.15, 0.2) is 5.16 Å². The average molecular weight is 229 g/mol. The first-order chi connectivity index (χ1) is 7.35. The van der Waals surface area contributed by atoms with Crippen LogP contribution in [0.25, 0.3) is 0 Å². The zero-order valence-corrected chi connectivity index (χ0v) is 11.0. The molecule has 94 valence electrons. The van der Waals surface area contributed by atoms with E-state index < -0.39 is 0 Å². The van der Waals surface area contributed by atoms with Crippen LogP contribution < -0.4 is 0 Å². The highest BCUT2D eigenvalue weighted by molar-refractivity contribution is 5.89. The molecule has 1 aliphatic rings. The van der Waals surface area contributed by atoms with E-state index in [0.29, 0.717) is 6.42 Å². The van der Waals surface area contributed by atoms with Gasteiger partial charge in [0, 0.05) is 12.3 Å². The summed E-state index contributed by atoms with van der Waals surface area (Å²) in [6, 6.07) is 0. The van der Waals surface area contributed by atoms with Crippen molar-refractivity contribution in [2.24, 2.45) is 11.1 Å². The summed E-state index contributed by atoms with van der Waals surface area (Å²) in [7, 11) is 0. The molecule has 3 N–H and O–H groups in total. The minimum atomic E-state index is -0.245. The van der Waals surface area contributed by atoms with Crippen molar-refractivity contribution in [3.63, 3.8) is 0 Å². The van der Waals surface area contributed by atoms with Crippen LogP contribution in [-0.2, 0) is 0 Å². The number of hydrogen-bond donors (Lipinski definition) is 1. The van der Waals surface area contributed by atoms with Gasteiger partial charge in [-0.3, -0.25) is 0 Å². The molecule has 1 rings (SSSR count). The Morgan fingerprint density at radius 2 is 2.00 bits per heavy atom. The Bertz CT molecular complexity index is 293. The summed E-state index contributed by atoms with van der Waals surface area (Å²) in [5, 5.41) is 22.7. The fraction of sp³-hybridized carbons (Fsp3) is 0.917. The van der Waals surface area contributed by atoms with Crippen LogP contribution in [0.4, 0.5) is 0 Å². The van der Waals surface area contributed by atoms with Crippen LogP contribution >= 0.6 is 0 Å². The summed E-state index contributed by atoms with van der Waals surface area (Å²) in [5.41, 5.74) is 0.362. The van der Waals surface area contributed by atoms with Gasteiger partial charge < -0.3 is 10.4 Å². The second kappa shape index (κ2) is 4.34. The van der Waals surface area contributed by atoms with Gasteiger partial charge in [0.25, 0.3) is 0 Å². The van der Waals surface area contributed by atoms with Crippen molar-refractivity contribution >= 4 is 5.71 Å². The molecule has 1 fully saturated rings. The lowest BCUT2D eigenvalue weighted by Gasteiger charge is -2.50. The molecular weight excluding hydrogens is 204 g/mol. The zero-order chi connectivity index (χ0) is 12.6. The Morgan fingerprint density at radius 1 is 1.44 bits per heavy atom. The third kappa shape index (κ3) is 1.74. The molecule has 0 amide bonds. The molecule has 16 heavy (non-hydrogen) atoms. The Balaban J connectivity index is 3.18. The molecule has 1 heterocycles. The molecule has 0 radical (unpaired) electrons. The van der Waals surface area contributed by atoms with E-state index in [4.69, 9.17) is 10.4 Å². The highest BCUT2D eigenvalue weighted by atomic mass is 16.5. The predicted molar refractivity (Wildman–Crippen MR) is 65.8 cm³/mol. The van der Waals surface area contributed by atoms with Gasteiger partial charge in [-0.05, 0) is 26.7 Å². The molecule has 0 aliphatic carbocycles. The fourth-order valence-electron chi connectivity index (χ4n) is 2.66. The highest BCUT2D eigenvalue weighted by Gasteiger charge is 2.54. The summed E-state index contributed by atoms with van der Waals surface area (Å²) in [4.78, 5) is 0. The average Bonchev–Trinajstić information content (AvgIpc) is 2.31. The van der Waals surface area contributed by atoms with E-state index in [9.17, 15) is 0 Å². The van der Waals surface area contributed by atoms with Crippen LogP contribution in [0, 0.1) is 5.92 Å². The molecule has 1 saturated heterocycles. The van der Waals surface area contributed by atoms with Crippen molar-refractivity contribution in [1.29, 1.82) is 0 Å². The highest BCUT2D eigenvalue weighted by Crippen LogP contribution is 2.42. The number of oxime groups is 1. The fourth-order valence-corrected chi connectivity index (χ4v) is 2.66. The maximum absolute atomic E-state index is 9.11. The Morgan fingerprint density at radius 3 is 2.38 bits per heavy atom. The van der Waals surface area contributed by atoms with Crippen molar-refractivity contribution in [2.75, 3.05) is 0 Å². The smallest absolute Gasteiger partial charge is 0.0938 e. The standard InChI is InChI=1S/C12H24N2O2/c1-6-11(4)8-10(13-15)9(3)12(5,7-2)14(11)16/h9,15-16H,6-8H2,1-5H3/p+1/b13-10-. The molecule has 0 spiro atoms. The Hall–Kier alpha value is -0.610. The van der Waals surface area contributed by atoms with Gasteiger partial charge in [0.2, 0.25) is 0 Å². The van der Waals surface area contributed by atoms with Gasteiger partial charge in [0.1, 0.15) is 0 Å². The number of piperidine rings is 1. The number of rotatable bonds is 2. The lowest BCUT2D eigenvalue weighted by molar-refractivity contribution is -0.249. The molecule has 3 unspecified atom stereocenters. The van der Waals surface area contributed by atoms with E-state index in [1.54, 1.807) is 5.06 Å². The first-order valence-corrected chi connectivity index (χ1v) is 6.08. The normalized spacial score (nSPS) is 43.9. The van der Waals surface area contributed by atoms with Crippen molar-refractivity contribution < 1.29 is 10.4 Å². The van der Waals surface area contributed by atoms with Crippen LogP contribution in [0.3, 0.4) is 0 Å². The van der Waals surface area contributed by atoms with Gasteiger partial charge >= 0.3 is 0 Å². The third-order valence-corrected chi connectivity index (χ3v) is 4.65. The summed E-state index contributed by atoms with van der Waals surface area (Å²) in [5.74, 6) is 0.125. The van der Waals surface area contributed by atoms with Gasteiger partial charge in [0.15, 0.2) is 0 Å². The van der Waals surface area contributed by atoms with Crippen LogP contribution in [-0.4, -0.2) is 32.3 Å². The second-order valence-corrected chi connectivity index (χ2v) is 5.39. The van der Waals surface area contributed by atoms with Gasteiger partial charge in [-0.1, -0.05) is 31.0 Å². The van der Waals surface area contributed by atoms with Gasteiger partial charge in [-0.2, -0.15) is 0 Å². The number of nitrogens with zero attached hydrogens (tertiary/aromatic N) is 2. The lowest BCUT2D eigenvalue weighted by atomic mass is 9.70. The third-order valence-electron chi connectivity index (χ3n) is 4.65. The summed E-state index contributed by atoms with van der Waals surface area (Å²) < 4.78 is 0. The molecule has 0 bridgehead atoms. The number of hydroxylamine groups is 2. The molecule has 0 aromatic heterocycles. The molecular formula is C12H25N2O2+. The predicted octanol–water partition coefficient (Wildman–Crippen LogP) is 2.14. The first-order valence-electron chi connectivity index (χ1n) is 6.08.